The number of rotatable bonds is 8. The Hall–Kier alpha value is -2.04. The van der Waals surface area contributed by atoms with Crippen LogP contribution in [0.5, 0.6) is 11.5 Å². The van der Waals surface area contributed by atoms with Crippen LogP contribution in [0, 0.1) is 0 Å². The van der Waals surface area contributed by atoms with Gasteiger partial charge in [-0.1, -0.05) is 78.6 Å². The molecule has 2 aromatic rings. The van der Waals surface area contributed by atoms with E-state index in [1.807, 2.05) is 0 Å². The average Bonchev–Trinajstić information content (AvgIpc) is 2.90. The quantitative estimate of drug-likeness (QED) is 0.371. The highest BCUT2D eigenvalue weighted by molar-refractivity contribution is 5.32. The maximum Gasteiger partial charge on any atom is 0.119 e. The van der Waals surface area contributed by atoms with Gasteiger partial charge in [-0.3, -0.25) is 0 Å². The third-order valence-corrected chi connectivity index (χ3v) is 7.74. The Morgan fingerprint density at radius 2 is 0.947 bits per heavy atom. The summed E-state index contributed by atoms with van der Waals surface area (Å²) in [7, 11) is 0. The molecule has 4 heteroatoms. The first-order valence-electron chi connectivity index (χ1n) is 15.0. The molecule has 0 amide bonds. The van der Waals surface area contributed by atoms with E-state index in [0.29, 0.717) is 12.1 Å². The smallest absolute Gasteiger partial charge is 0.119 e. The van der Waals surface area contributed by atoms with Crippen LogP contribution in [0.25, 0.3) is 0 Å². The molecule has 4 rings (SSSR count). The lowest BCUT2D eigenvalue weighted by atomic mass is 9.87. The number of benzene rings is 2. The van der Waals surface area contributed by atoms with Crippen molar-refractivity contribution in [1.82, 2.24) is 10.6 Å². The number of hydrogen-bond donors (Lipinski definition) is 2. The van der Waals surface area contributed by atoms with Gasteiger partial charge in [0.25, 0.3) is 0 Å². The minimum atomic E-state index is 0.213. The van der Waals surface area contributed by atoms with E-state index in [0.717, 1.165) is 37.6 Å². The number of ether oxygens (including phenoxy) is 2. The van der Waals surface area contributed by atoms with Gasteiger partial charge in [-0.15, -0.1) is 0 Å². The van der Waals surface area contributed by atoms with Crippen molar-refractivity contribution in [2.45, 2.75) is 116 Å². The van der Waals surface area contributed by atoms with E-state index < -0.39 is 0 Å². The molecule has 1 unspecified atom stereocenters. The van der Waals surface area contributed by atoms with E-state index in [1.165, 1.54) is 62.7 Å². The van der Waals surface area contributed by atoms with Crippen molar-refractivity contribution in [1.29, 1.82) is 0 Å². The molecule has 0 radical (unpaired) electrons. The molecule has 0 saturated carbocycles. The van der Waals surface area contributed by atoms with Crippen LogP contribution in [0.4, 0.5) is 0 Å². The maximum atomic E-state index is 5.84. The van der Waals surface area contributed by atoms with E-state index in [-0.39, 0.29) is 10.8 Å². The summed E-state index contributed by atoms with van der Waals surface area (Å²) in [6.45, 7) is 17.4. The number of piperidine rings is 2. The van der Waals surface area contributed by atoms with Gasteiger partial charge in [0.05, 0.1) is 13.2 Å². The summed E-state index contributed by atoms with van der Waals surface area (Å²) in [4.78, 5) is 0. The first kappa shape index (κ1) is 30.5. The first-order chi connectivity index (χ1) is 18.1. The highest BCUT2D eigenvalue weighted by Crippen LogP contribution is 2.25. The van der Waals surface area contributed by atoms with Crippen molar-refractivity contribution in [2.75, 3.05) is 26.3 Å². The topological polar surface area (TPSA) is 42.5 Å². The predicted octanol–water partition coefficient (Wildman–Crippen LogP) is 7.79. The Kier molecular flexibility index (Phi) is 12.0. The van der Waals surface area contributed by atoms with E-state index in [9.17, 15) is 0 Å². The van der Waals surface area contributed by atoms with Gasteiger partial charge in [0.15, 0.2) is 0 Å². The fraction of sp³-hybridized carbons (Fsp3) is 0.647. The van der Waals surface area contributed by atoms with Crippen molar-refractivity contribution in [3.8, 4) is 11.5 Å². The average molecular weight is 523 g/mol. The van der Waals surface area contributed by atoms with Crippen LogP contribution >= 0.6 is 0 Å². The molecule has 2 aliphatic rings. The number of nitrogens with one attached hydrogen (secondary N) is 2. The summed E-state index contributed by atoms with van der Waals surface area (Å²) in [6.07, 6.45) is 10.2. The second-order valence-electron chi connectivity index (χ2n) is 13.1. The molecule has 0 bridgehead atoms. The first-order valence-corrected chi connectivity index (χ1v) is 15.0. The summed E-state index contributed by atoms with van der Waals surface area (Å²) in [5.74, 6) is 1.98. The Morgan fingerprint density at radius 1 is 0.579 bits per heavy atom. The minimum absolute atomic E-state index is 0.213. The van der Waals surface area contributed by atoms with Crippen molar-refractivity contribution in [2.24, 2.45) is 0 Å². The van der Waals surface area contributed by atoms with Crippen LogP contribution in [0.3, 0.4) is 0 Å². The third kappa shape index (κ3) is 11.0. The van der Waals surface area contributed by atoms with E-state index in [1.54, 1.807) is 0 Å². The highest BCUT2D eigenvalue weighted by atomic mass is 16.5. The molecule has 212 valence electrons. The normalized spacial score (nSPS) is 20.3. The molecule has 0 spiro atoms. The van der Waals surface area contributed by atoms with E-state index in [2.05, 4.69) is 101 Å². The van der Waals surface area contributed by atoms with Gasteiger partial charge in [0, 0.05) is 12.1 Å². The zero-order chi connectivity index (χ0) is 27.4. The molecular weight excluding hydrogens is 468 g/mol. The largest absolute Gasteiger partial charge is 0.494 e. The summed E-state index contributed by atoms with van der Waals surface area (Å²) in [6, 6.07) is 18.4. The van der Waals surface area contributed by atoms with Crippen molar-refractivity contribution in [3.05, 3.63) is 59.7 Å². The van der Waals surface area contributed by atoms with Gasteiger partial charge in [0.1, 0.15) is 11.5 Å². The monoisotopic (exact) mass is 522 g/mol. The van der Waals surface area contributed by atoms with Gasteiger partial charge in [0.2, 0.25) is 0 Å². The standard InChI is InChI=1S/2C17H27NO/c2*1-17(2,3)14-7-9-16(10-8-14)19-13-11-15-6-4-5-12-18-15/h2*7-10,15,18H,4-6,11-13H2,1-3H3/t15-;/m1./s1. The Morgan fingerprint density at radius 3 is 1.24 bits per heavy atom. The lowest BCUT2D eigenvalue weighted by Crippen LogP contribution is -2.35. The Balaban J connectivity index is 0.000000211. The van der Waals surface area contributed by atoms with Gasteiger partial charge in [-0.2, -0.15) is 0 Å². The van der Waals surface area contributed by atoms with Crippen LogP contribution in [0.15, 0.2) is 48.5 Å². The Bertz CT molecular complexity index is 820. The van der Waals surface area contributed by atoms with Crippen molar-refractivity contribution in [3.63, 3.8) is 0 Å². The second kappa shape index (κ2) is 14.9. The molecule has 2 atom stereocenters. The molecular formula is C34H54N2O2. The molecule has 0 aliphatic carbocycles. The highest BCUT2D eigenvalue weighted by Gasteiger charge is 2.15. The fourth-order valence-electron chi connectivity index (χ4n) is 5.08. The number of hydrogen-bond acceptors (Lipinski definition) is 4. The van der Waals surface area contributed by atoms with E-state index in [4.69, 9.17) is 9.47 Å². The molecule has 2 fully saturated rings. The third-order valence-electron chi connectivity index (χ3n) is 7.74. The molecule has 4 nitrogen and oxygen atoms in total. The summed E-state index contributed by atoms with van der Waals surface area (Å²) in [5.41, 5.74) is 3.14. The van der Waals surface area contributed by atoms with Crippen molar-refractivity contribution >= 4 is 0 Å². The second-order valence-corrected chi connectivity index (χ2v) is 13.1. The maximum absolute atomic E-state index is 5.84. The van der Waals surface area contributed by atoms with Crippen LogP contribution in [-0.4, -0.2) is 38.4 Å². The van der Waals surface area contributed by atoms with Gasteiger partial charge < -0.3 is 20.1 Å². The SMILES string of the molecule is CC(C)(C)c1ccc(OCCC2CCCCN2)cc1.CC(C)(C)c1ccc(OCC[C@H]2CCCCN2)cc1. The molecule has 0 aromatic heterocycles. The Labute approximate surface area is 233 Å². The minimum Gasteiger partial charge on any atom is -0.494 e. The predicted molar refractivity (Wildman–Crippen MR) is 162 cm³/mol. The fourth-order valence-corrected chi connectivity index (χ4v) is 5.08. The summed E-state index contributed by atoms with van der Waals surface area (Å²) in [5, 5.41) is 7.11. The molecule has 2 heterocycles. The van der Waals surface area contributed by atoms with Gasteiger partial charge in [-0.05, 0) is 97.8 Å². The van der Waals surface area contributed by atoms with Crippen molar-refractivity contribution < 1.29 is 9.47 Å². The van der Waals surface area contributed by atoms with Gasteiger partial charge >= 0.3 is 0 Å². The molecule has 2 N–H and O–H groups in total. The van der Waals surface area contributed by atoms with Gasteiger partial charge in [-0.25, -0.2) is 0 Å². The van der Waals surface area contributed by atoms with Crippen LogP contribution in [0.1, 0.15) is 104 Å². The zero-order valence-electron chi connectivity index (χ0n) is 25.1. The molecule has 38 heavy (non-hydrogen) atoms. The lowest BCUT2D eigenvalue weighted by Gasteiger charge is -2.23. The van der Waals surface area contributed by atoms with Crippen LogP contribution in [-0.2, 0) is 10.8 Å². The molecule has 2 aromatic carbocycles. The summed E-state index contributed by atoms with van der Waals surface area (Å²) < 4.78 is 11.7. The zero-order valence-corrected chi connectivity index (χ0v) is 25.1. The summed E-state index contributed by atoms with van der Waals surface area (Å²) >= 11 is 0. The van der Waals surface area contributed by atoms with E-state index >= 15 is 0 Å². The molecule has 2 saturated heterocycles. The molecule has 2 aliphatic heterocycles. The van der Waals surface area contributed by atoms with Crippen LogP contribution in [0.2, 0.25) is 0 Å². The van der Waals surface area contributed by atoms with Crippen LogP contribution < -0.4 is 20.1 Å². The lowest BCUT2D eigenvalue weighted by molar-refractivity contribution is 0.268.